The molecule has 0 bridgehead atoms. The van der Waals surface area contributed by atoms with E-state index >= 15 is 0 Å². The van der Waals surface area contributed by atoms with Crippen LogP contribution in [0.1, 0.15) is 12.8 Å². The van der Waals surface area contributed by atoms with Gasteiger partial charge in [-0.05, 0) is 18.6 Å². The molecule has 110 valence electrons. The van der Waals surface area contributed by atoms with Crippen LogP contribution >= 0.6 is 11.6 Å². The van der Waals surface area contributed by atoms with E-state index < -0.39 is 27.9 Å². The van der Waals surface area contributed by atoms with Crippen molar-refractivity contribution in [2.45, 2.75) is 23.8 Å². The lowest BCUT2D eigenvalue weighted by molar-refractivity contribution is -0.139. The lowest BCUT2D eigenvalue weighted by Crippen LogP contribution is -2.41. The number of hydrogen-bond acceptors (Lipinski definition) is 4. The number of primary amides is 1. The summed E-state index contributed by atoms with van der Waals surface area (Å²) in [7, 11) is -4.10. The maximum Gasteiger partial charge on any atom is 0.321 e. The number of carboxylic acids is 1. The minimum absolute atomic E-state index is 0.0287. The number of carbonyl (C=O) groups excluding carboxylic acids is 1. The average Bonchev–Trinajstić information content (AvgIpc) is 2.34. The predicted octanol–water partition coefficient (Wildman–Crippen LogP) is 0.337. The van der Waals surface area contributed by atoms with Crippen LogP contribution in [0.2, 0.25) is 5.02 Å². The number of carbonyl (C=O) groups is 2. The van der Waals surface area contributed by atoms with Gasteiger partial charge in [-0.2, -0.15) is 4.72 Å². The summed E-state index contributed by atoms with van der Waals surface area (Å²) >= 11 is 5.76. The smallest absolute Gasteiger partial charge is 0.321 e. The molecule has 20 heavy (non-hydrogen) atoms. The van der Waals surface area contributed by atoms with Crippen molar-refractivity contribution in [1.29, 1.82) is 0 Å². The van der Waals surface area contributed by atoms with E-state index in [1.807, 2.05) is 4.72 Å². The van der Waals surface area contributed by atoms with E-state index in [0.717, 1.165) is 0 Å². The van der Waals surface area contributed by atoms with Crippen LogP contribution in [0.25, 0.3) is 0 Å². The molecule has 0 unspecified atom stereocenters. The van der Waals surface area contributed by atoms with Gasteiger partial charge in [0.1, 0.15) is 10.9 Å². The SMILES string of the molecule is NC(=O)CC[C@H](NS(=O)(=O)c1ccccc1Cl)C(=O)O. The van der Waals surface area contributed by atoms with Gasteiger partial charge in [0.05, 0.1) is 5.02 Å². The van der Waals surface area contributed by atoms with Crippen LogP contribution in [0.5, 0.6) is 0 Å². The maximum absolute atomic E-state index is 12.0. The van der Waals surface area contributed by atoms with Crippen molar-refractivity contribution >= 4 is 33.5 Å². The molecule has 0 aliphatic rings. The zero-order chi connectivity index (χ0) is 15.3. The average molecular weight is 321 g/mol. The molecule has 0 radical (unpaired) electrons. The van der Waals surface area contributed by atoms with Gasteiger partial charge in [0.15, 0.2) is 0 Å². The predicted molar refractivity (Wildman–Crippen MR) is 71.6 cm³/mol. The second kappa shape index (κ2) is 6.69. The third-order valence-electron chi connectivity index (χ3n) is 2.40. The van der Waals surface area contributed by atoms with Gasteiger partial charge in [-0.1, -0.05) is 23.7 Å². The number of sulfonamides is 1. The molecule has 1 aromatic rings. The third-order valence-corrected chi connectivity index (χ3v) is 4.37. The van der Waals surface area contributed by atoms with Crippen LogP contribution < -0.4 is 10.5 Å². The number of rotatable bonds is 7. The molecule has 1 atom stereocenters. The van der Waals surface area contributed by atoms with Crippen molar-refractivity contribution in [3.63, 3.8) is 0 Å². The van der Waals surface area contributed by atoms with E-state index in [1.165, 1.54) is 18.2 Å². The van der Waals surface area contributed by atoms with E-state index in [9.17, 15) is 18.0 Å². The highest BCUT2D eigenvalue weighted by Crippen LogP contribution is 2.20. The standard InChI is InChI=1S/C11H13ClN2O5S/c12-7-3-1-2-4-9(7)20(18,19)14-8(11(16)17)5-6-10(13)15/h1-4,8,14H,5-6H2,(H2,13,15)(H,16,17)/t8-/m0/s1. The Kier molecular flexibility index (Phi) is 5.49. The van der Waals surface area contributed by atoms with Gasteiger partial charge in [-0.15, -0.1) is 0 Å². The van der Waals surface area contributed by atoms with Crippen LogP contribution in [0.4, 0.5) is 0 Å². The van der Waals surface area contributed by atoms with Crippen LogP contribution in [0.3, 0.4) is 0 Å². The van der Waals surface area contributed by atoms with Crippen molar-refractivity contribution < 1.29 is 23.1 Å². The van der Waals surface area contributed by atoms with Crippen LogP contribution in [-0.4, -0.2) is 31.4 Å². The number of nitrogens with one attached hydrogen (secondary N) is 1. The van der Waals surface area contributed by atoms with E-state index in [0.29, 0.717) is 0 Å². The Morgan fingerprint density at radius 1 is 1.35 bits per heavy atom. The van der Waals surface area contributed by atoms with Crippen molar-refractivity contribution in [2.24, 2.45) is 5.73 Å². The molecule has 9 heteroatoms. The highest BCUT2D eigenvalue weighted by Gasteiger charge is 2.26. The lowest BCUT2D eigenvalue weighted by atomic mass is 10.2. The summed E-state index contributed by atoms with van der Waals surface area (Å²) in [6.07, 6.45) is -0.490. The molecule has 1 aromatic carbocycles. The van der Waals surface area contributed by atoms with Gasteiger partial charge >= 0.3 is 5.97 Å². The number of aliphatic carboxylic acids is 1. The Bertz CT molecular complexity index is 617. The van der Waals surface area contributed by atoms with Gasteiger partial charge in [0.2, 0.25) is 15.9 Å². The summed E-state index contributed by atoms with van der Waals surface area (Å²) in [4.78, 5) is 21.4. The van der Waals surface area contributed by atoms with Crippen LogP contribution in [0.15, 0.2) is 29.2 Å². The second-order valence-electron chi connectivity index (χ2n) is 3.95. The minimum Gasteiger partial charge on any atom is -0.480 e. The molecular formula is C11H13ClN2O5S. The van der Waals surface area contributed by atoms with Gasteiger partial charge in [0, 0.05) is 6.42 Å². The molecule has 1 amide bonds. The van der Waals surface area contributed by atoms with Gasteiger partial charge < -0.3 is 10.8 Å². The largest absolute Gasteiger partial charge is 0.480 e. The first-order chi connectivity index (χ1) is 9.24. The van der Waals surface area contributed by atoms with E-state index in [2.05, 4.69) is 0 Å². The molecule has 0 aliphatic heterocycles. The first-order valence-corrected chi connectivity index (χ1v) is 7.38. The Morgan fingerprint density at radius 3 is 2.45 bits per heavy atom. The Labute approximate surface area is 120 Å². The number of hydrogen-bond donors (Lipinski definition) is 3. The Hall–Kier alpha value is -1.64. The highest BCUT2D eigenvalue weighted by molar-refractivity contribution is 7.89. The minimum atomic E-state index is -4.10. The zero-order valence-corrected chi connectivity index (χ0v) is 11.8. The Morgan fingerprint density at radius 2 is 1.95 bits per heavy atom. The third kappa shape index (κ3) is 4.48. The van der Waals surface area contributed by atoms with Crippen LogP contribution in [0, 0.1) is 0 Å². The zero-order valence-electron chi connectivity index (χ0n) is 10.2. The first-order valence-electron chi connectivity index (χ1n) is 5.52. The monoisotopic (exact) mass is 320 g/mol. The van der Waals surface area contributed by atoms with E-state index in [4.69, 9.17) is 22.4 Å². The fraction of sp³-hybridized carbons (Fsp3) is 0.273. The van der Waals surface area contributed by atoms with E-state index in [1.54, 1.807) is 6.07 Å². The molecule has 0 saturated heterocycles. The fourth-order valence-corrected chi connectivity index (χ4v) is 3.18. The van der Waals surface area contributed by atoms with Gasteiger partial charge in [-0.3, -0.25) is 9.59 Å². The number of benzene rings is 1. The van der Waals surface area contributed by atoms with Crippen molar-refractivity contribution in [2.75, 3.05) is 0 Å². The fourth-order valence-electron chi connectivity index (χ4n) is 1.43. The number of amides is 1. The quantitative estimate of drug-likeness (QED) is 0.667. The van der Waals surface area contributed by atoms with Crippen molar-refractivity contribution in [3.05, 3.63) is 29.3 Å². The van der Waals surface area contributed by atoms with Crippen LogP contribution in [-0.2, 0) is 19.6 Å². The summed E-state index contributed by atoms with van der Waals surface area (Å²) in [5, 5.41) is 8.92. The summed E-state index contributed by atoms with van der Waals surface area (Å²) < 4.78 is 26.1. The second-order valence-corrected chi connectivity index (χ2v) is 6.04. The molecule has 4 N–H and O–H groups in total. The van der Waals surface area contributed by atoms with Gasteiger partial charge in [0.25, 0.3) is 0 Å². The molecule has 0 aromatic heterocycles. The molecule has 7 nitrogen and oxygen atoms in total. The summed E-state index contributed by atoms with van der Waals surface area (Å²) in [5.74, 6) is -2.12. The number of halogens is 1. The molecule has 0 fully saturated rings. The summed E-state index contributed by atoms with van der Waals surface area (Å²) in [6.45, 7) is 0. The topological polar surface area (TPSA) is 127 Å². The van der Waals surface area contributed by atoms with Crippen molar-refractivity contribution in [3.8, 4) is 0 Å². The Balaban J connectivity index is 2.95. The number of carboxylic acid groups (broad SMARTS) is 1. The van der Waals surface area contributed by atoms with Gasteiger partial charge in [-0.25, -0.2) is 8.42 Å². The molecule has 0 aliphatic carbocycles. The molecule has 1 rings (SSSR count). The lowest BCUT2D eigenvalue weighted by Gasteiger charge is -2.14. The molecule has 0 saturated carbocycles. The van der Waals surface area contributed by atoms with Crippen molar-refractivity contribution in [1.82, 2.24) is 4.72 Å². The summed E-state index contributed by atoms with van der Waals surface area (Å²) in [6, 6.07) is 4.17. The molecular weight excluding hydrogens is 308 g/mol. The summed E-state index contributed by atoms with van der Waals surface area (Å²) in [5.41, 5.74) is 4.91. The molecule has 0 heterocycles. The normalized spacial score (nSPS) is 12.8. The molecule has 0 spiro atoms. The van der Waals surface area contributed by atoms with E-state index in [-0.39, 0.29) is 22.8 Å². The highest BCUT2D eigenvalue weighted by atomic mass is 35.5. The maximum atomic E-state index is 12.0. The first kappa shape index (κ1) is 16.4. The number of nitrogens with two attached hydrogens (primary N) is 1.